The molecule has 3 heterocycles. The van der Waals surface area contributed by atoms with Gasteiger partial charge in [-0.2, -0.15) is 15.0 Å². The number of hydrogen-bond donors (Lipinski definition) is 7. The maximum atomic E-state index is 13.2. The van der Waals surface area contributed by atoms with Crippen molar-refractivity contribution in [1.29, 1.82) is 0 Å². The van der Waals surface area contributed by atoms with Crippen LogP contribution in [0.15, 0.2) is 35.2 Å². The number of halogens is 1. The first-order valence-corrected chi connectivity index (χ1v) is 15.1. The van der Waals surface area contributed by atoms with Crippen molar-refractivity contribution in [2.75, 3.05) is 46.0 Å². The summed E-state index contributed by atoms with van der Waals surface area (Å²) in [5.74, 6) is 1.51. The van der Waals surface area contributed by atoms with E-state index in [1.165, 1.54) is 25.0 Å². The van der Waals surface area contributed by atoms with E-state index in [1.807, 2.05) is 19.1 Å². The Morgan fingerprint density at radius 3 is 1.68 bits per heavy atom. The summed E-state index contributed by atoms with van der Waals surface area (Å²) in [5, 5.41) is 13.9. The number of nitrogens with zero attached hydrogens (tertiary/aromatic N) is 5. The average molecular weight is 664 g/mol. The highest BCUT2D eigenvalue weighted by Crippen LogP contribution is 2.32. The molecule has 2 aliphatic rings. The Morgan fingerprint density at radius 1 is 0.750 bits per heavy atom. The molecule has 0 saturated carbocycles. The van der Waals surface area contributed by atoms with Gasteiger partial charge in [0.1, 0.15) is 5.75 Å². The monoisotopic (exact) mass is 663 g/mol. The van der Waals surface area contributed by atoms with E-state index in [9.17, 15) is 13.5 Å². The molecule has 0 amide bonds. The van der Waals surface area contributed by atoms with Crippen LogP contribution in [0.2, 0.25) is 0 Å². The van der Waals surface area contributed by atoms with Crippen molar-refractivity contribution in [3.05, 3.63) is 47.0 Å². The molecule has 15 N–H and O–H groups in total. The van der Waals surface area contributed by atoms with Gasteiger partial charge in [0.25, 0.3) is 10.0 Å². The normalized spacial score (nSPS) is 14.4. The van der Waals surface area contributed by atoms with Crippen LogP contribution in [0.25, 0.3) is 0 Å². The summed E-state index contributed by atoms with van der Waals surface area (Å²) in [7, 11) is -3.90. The standard InChI is InChI=1S/C28H37N7O3S.ClH.4H3N.4H2/c1-19-16-20(2)25(21(3)17-19)39(37,38)33-23-11-10-22(18-24(23)36)29-26-30-27(34-12-6-4-7-13-34)32-28(31-26)35-14-8-5-9-15-35;;;;;;;;;/h10-11,16-18,33,36H,4-9,12-15H2,1-3H3,(H,29,30,31,32);1H;4*1H3;4*1H. The van der Waals surface area contributed by atoms with Crippen LogP contribution >= 0.6 is 12.4 Å². The highest BCUT2D eigenvalue weighted by molar-refractivity contribution is 7.92. The van der Waals surface area contributed by atoms with Crippen molar-refractivity contribution in [2.45, 2.75) is 64.2 Å². The number of aryl methyl sites for hydroxylation is 3. The lowest BCUT2D eigenvalue weighted by molar-refractivity contribution is 0.478. The number of aromatic hydroxyl groups is 1. The summed E-state index contributed by atoms with van der Waals surface area (Å²) < 4.78 is 28.9. The molecule has 1 aromatic heterocycles. The maximum Gasteiger partial charge on any atom is 0.262 e. The van der Waals surface area contributed by atoms with Gasteiger partial charge in [0.15, 0.2) is 0 Å². The SMILES string of the molecule is Cc1cc(C)c(S(=O)(=O)Nc2ccc(Nc3nc(N4CCCCC4)nc(N4CCCCC4)n3)cc2O)c(C)c1.Cl.N.N.N.N.[HH].[HH].[HH].[HH]. The predicted octanol–water partition coefficient (Wildman–Crippen LogP) is 7.08. The van der Waals surface area contributed by atoms with E-state index in [0.29, 0.717) is 34.7 Å². The highest BCUT2D eigenvalue weighted by atomic mass is 35.5. The van der Waals surface area contributed by atoms with E-state index in [1.54, 1.807) is 19.9 Å². The zero-order valence-electron chi connectivity index (χ0n) is 26.1. The van der Waals surface area contributed by atoms with E-state index in [4.69, 9.17) is 15.0 Å². The molecule has 5 rings (SSSR count). The second-order valence-electron chi connectivity index (χ2n) is 10.5. The minimum Gasteiger partial charge on any atom is -0.506 e. The molecular formula is C28H58ClN11O3S. The fraction of sp³-hybridized carbons (Fsp3) is 0.464. The van der Waals surface area contributed by atoms with E-state index >= 15 is 0 Å². The molecule has 2 aromatic carbocycles. The molecule has 0 unspecified atom stereocenters. The fourth-order valence-electron chi connectivity index (χ4n) is 5.49. The Balaban J connectivity index is -0.000000685. The third-order valence-corrected chi connectivity index (χ3v) is 8.93. The van der Waals surface area contributed by atoms with Crippen molar-refractivity contribution in [1.82, 2.24) is 39.6 Å². The van der Waals surface area contributed by atoms with Crippen LogP contribution in [-0.4, -0.2) is 54.7 Å². The van der Waals surface area contributed by atoms with Crippen molar-refractivity contribution in [2.24, 2.45) is 0 Å². The lowest BCUT2D eigenvalue weighted by atomic mass is 10.1. The van der Waals surface area contributed by atoms with Gasteiger partial charge in [-0.25, -0.2) is 8.42 Å². The fourth-order valence-corrected chi connectivity index (χ4v) is 7.02. The molecule has 44 heavy (non-hydrogen) atoms. The van der Waals surface area contributed by atoms with Gasteiger partial charge in [0.05, 0.1) is 10.6 Å². The van der Waals surface area contributed by atoms with Gasteiger partial charge in [-0.3, -0.25) is 4.72 Å². The van der Waals surface area contributed by atoms with Crippen molar-refractivity contribution >= 4 is 51.7 Å². The number of phenols is 1. The van der Waals surface area contributed by atoms with E-state index in [2.05, 4.69) is 19.8 Å². The summed E-state index contributed by atoms with van der Waals surface area (Å²) in [6.07, 6.45) is 6.87. The number of piperidine rings is 2. The first kappa shape index (κ1) is 40.5. The second kappa shape index (κ2) is 17.1. The third kappa shape index (κ3) is 9.27. The number of benzene rings is 2. The van der Waals surface area contributed by atoms with Gasteiger partial charge >= 0.3 is 0 Å². The topological polar surface area (TPSA) is 264 Å². The molecule has 0 atom stereocenters. The molecule has 2 aliphatic heterocycles. The number of sulfonamides is 1. The van der Waals surface area contributed by atoms with Gasteiger partial charge in [-0.1, -0.05) is 17.7 Å². The Kier molecular flexibility index (Phi) is 15.8. The van der Waals surface area contributed by atoms with Crippen molar-refractivity contribution in [3.8, 4) is 5.75 Å². The second-order valence-corrected chi connectivity index (χ2v) is 12.2. The Bertz CT molecular complexity index is 1430. The lowest BCUT2D eigenvalue weighted by Gasteiger charge is -2.30. The minimum absolute atomic E-state index is 0. The molecule has 2 fully saturated rings. The minimum atomic E-state index is -3.90. The zero-order chi connectivity index (χ0) is 27.6. The van der Waals surface area contributed by atoms with Crippen molar-refractivity contribution in [3.63, 3.8) is 0 Å². The number of rotatable bonds is 7. The van der Waals surface area contributed by atoms with E-state index in [-0.39, 0.29) is 59.0 Å². The molecule has 0 spiro atoms. The van der Waals surface area contributed by atoms with E-state index in [0.717, 1.165) is 57.4 Å². The van der Waals surface area contributed by atoms with Crippen LogP contribution in [0.4, 0.5) is 29.2 Å². The Morgan fingerprint density at radius 2 is 1.23 bits per heavy atom. The molecule has 0 aliphatic carbocycles. The van der Waals surface area contributed by atoms with E-state index < -0.39 is 10.0 Å². The van der Waals surface area contributed by atoms with Crippen LogP contribution in [0.5, 0.6) is 5.75 Å². The van der Waals surface area contributed by atoms with Crippen LogP contribution < -0.4 is 44.4 Å². The number of phenolic OH excluding ortho intramolecular Hbond substituents is 1. The van der Waals surface area contributed by atoms with Gasteiger partial charge in [0.2, 0.25) is 17.8 Å². The lowest BCUT2D eigenvalue weighted by Crippen LogP contribution is -2.34. The van der Waals surface area contributed by atoms with Crippen LogP contribution in [-0.2, 0) is 10.0 Å². The van der Waals surface area contributed by atoms with Gasteiger partial charge < -0.3 is 44.8 Å². The summed E-state index contributed by atoms with van der Waals surface area (Å²) in [6.45, 7) is 9.13. The molecule has 16 heteroatoms. The predicted molar refractivity (Wildman–Crippen MR) is 191 cm³/mol. The highest BCUT2D eigenvalue weighted by Gasteiger charge is 2.23. The Hall–Kier alpha value is -3.47. The zero-order valence-corrected chi connectivity index (χ0v) is 27.7. The maximum absolute atomic E-state index is 13.2. The number of nitrogens with one attached hydrogen (secondary N) is 2. The summed E-state index contributed by atoms with van der Waals surface area (Å²) in [5.41, 5.74) is 2.94. The first-order chi connectivity index (χ1) is 18.7. The molecule has 256 valence electrons. The Labute approximate surface area is 273 Å². The summed E-state index contributed by atoms with van der Waals surface area (Å²) in [4.78, 5) is 18.8. The van der Waals surface area contributed by atoms with Crippen LogP contribution in [0, 0.1) is 20.8 Å². The van der Waals surface area contributed by atoms with Gasteiger partial charge in [0, 0.05) is 43.6 Å². The molecular weight excluding hydrogens is 606 g/mol. The van der Waals surface area contributed by atoms with Gasteiger partial charge in [-0.15, -0.1) is 12.4 Å². The number of aromatic nitrogens is 3. The quantitative estimate of drug-likeness (QED) is 0.125. The molecule has 3 aromatic rings. The van der Waals surface area contributed by atoms with Crippen molar-refractivity contribution < 1.29 is 19.2 Å². The van der Waals surface area contributed by atoms with Gasteiger partial charge in [-0.05, 0) is 82.6 Å². The molecule has 0 radical (unpaired) electrons. The summed E-state index contributed by atoms with van der Waals surface area (Å²) >= 11 is 0. The first-order valence-electron chi connectivity index (χ1n) is 13.7. The summed E-state index contributed by atoms with van der Waals surface area (Å²) in [6, 6.07) is 8.36. The average Bonchev–Trinajstić information content (AvgIpc) is 2.90. The smallest absolute Gasteiger partial charge is 0.262 e. The van der Waals surface area contributed by atoms with Crippen LogP contribution in [0.1, 0.15) is 60.9 Å². The largest absolute Gasteiger partial charge is 0.506 e. The molecule has 0 bridgehead atoms. The molecule has 14 nitrogen and oxygen atoms in total. The third-order valence-electron chi connectivity index (χ3n) is 7.26. The number of anilines is 5. The van der Waals surface area contributed by atoms with Crippen LogP contribution in [0.3, 0.4) is 0 Å². The number of hydrogen-bond acceptors (Lipinski definition) is 13. The molecule has 2 saturated heterocycles.